The molecule has 0 bridgehead atoms. The highest BCUT2D eigenvalue weighted by molar-refractivity contribution is 7.98. The number of rotatable bonds is 9. The number of nitrogens with two attached hydrogens (primary N) is 1. The molecule has 0 aliphatic carbocycles. The molecular weight excluding hydrogens is 260 g/mol. The first-order valence-corrected chi connectivity index (χ1v) is 8.08. The topological polar surface area (TPSA) is 92.4 Å². The number of carboxylic acids is 1. The minimum atomic E-state index is -1.01. The van der Waals surface area contributed by atoms with Crippen LogP contribution in [0.1, 0.15) is 12.8 Å². The van der Waals surface area contributed by atoms with Crippen molar-refractivity contribution in [1.82, 2.24) is 5.32 Å². The molecule has 7 heteroatoms. The monoisotopic (exact) mass is 280 g/mol. The fraction of sp³-hybridized carbons (Fsp3) is 0.800. The molecule has 0 radical (unpaired) electrons. The normalized spacial score (nSPS) is 14.1. The van der Waals surface area contributed by atoms with Crippen molar-refractivity contribution in [2.75, 3.05) is 24.0 Å². The summed E-state index contributed by atoms with van der Waals surface area (Å²) in [6, 6.07) is -1.46. The summed E-state index contributed by atoms with van der Waals surface area (Å²) in [5, 5.41) is 11.4. The second kappa shape index (κ2) is 9.61. The van der Waals surface area contributed by atoms with Crippen molar-refractivity contribution in [2.45, 2.75) is 24.9 Å². The van der Waals surface area contributed by atoms with Crippen molar-refractivity contribution in [3.05, 3.63) is 0 Å². The van der Waals surface area contributed by atoms with Crippen LogP contribution >= 0.6 is 23.5 Å². The van der Waals surface area contributed by atoms with Crippen molar-refractivity contribution in [3.63, 3.8) is 0 Å². The summed E-state index contributed by atoms with van der Waals surface area (Å²) in [5.41, 5.74) is 5.66. The van der Waals surface area contributed by atoms with Crippen LogP contribution < -0.4 is 11.1 Å². The number of amides is 1. The lowest BCUT2D eigenvalue weighted by atomic mass is 10.2. The lowest BCUT2D eigenvalue weighted by Crippen LogP contribution is -2.48. The van der Waals surface area contributed by atoms with E-state index in [1.807, 2.05) is 12.5 Å². The largest absolute Gasteiger partial charge is 0.480 e. The van der Waals surface area contributed by atoms with Crippen molar-refractivity contribution in [2.24, 2.45) is 5.73 Å². The first-order chi connectivity index (χ1) is 8.02. The van der Waals surface area contributed by atoms with E-state index in [2.05, 4.69) is 5.32 Å². The maximum absolute atomic E-state index is 11.6. The van der Waals surface area contributed by atoms with Crippen LogP contribution in [0.4, 0.5) is 0 Å². The van der Waals surface area contributed by atoms with Crippen LogP contribution in [0, 0.1) is 0 Å². The van der Waals surface area contributed by atoms with E-state index in [1.54, 1.807) is 23.5 Å². The quantitative estimate of drug-likeness (QED) is 0.566. The Balaban J connectivity index is 4.15. The van der Waals surface area contributed by atoms with E-state index in [0.717, 1.165) is 5.75 Å². The van der Waals surface area contributed by atoms with Gasteiger partial charge in [-0.1, -0.05) is 0 Å². The first kappa shape index (κ1) is 16.6. The summed E-state index contributed by atoms with van der Waals surface area (Å²) in [5.74, 6) is 0.0889. The summed E-state index contributed by atoms with van der Waals surface area (Å²) < 4.78 is 0. The van der Waals surface area contributed by atoms with Gasteiger partial charge in [0.15, 0.2) is 0 Å². The van der Waals surface area contributed by atoms with E-state index >= 15 is 0 Å². The third kappa shape index (κ3) is 7.51. The van der Waals surface area contributed by atoms with E-state index in [0.29, 0.717) is 18.6 Å². The van der Waals surface area contributed by atoms with E-state index in [-0.39, 0.29) is 5.91 Å². The Morgan fingerprint density at radius 3 is 2.24 bits per heavy atom. The Morgan fingerprint density at radius 1 is 1.24 bits per heavy atom. The van der Waals surface area contributed by atoms with Gasteiger partial charge in [0.05, 0.1) is 6.04 Å². The van der Waals surface area contributed by atoms with Gasteiger partial charge in [-0.05, 0) is 36.9 Å². The van der Waals surface area contributed by atoms with Gasteiger partial charge >= 0.3 is 5.97 Å². The molecule has 0 aromatic rings. The van der Waals surface area contributed by atoms with Crippen LogP contribution in [0.5, 0.6) is 0 Å². The van der Waals surface area contributed by atoms with Gasteiger partial charge in [0, 0.05) is 0 Å². The molecule has 5 nitrogen and oxygen atoms in total. The zero-order valence-corrected chi connectivity index (χ0v) is 11.8. The van der Waals surface area contributed by atoms with Gasteiger partial charge in [-0.2, -0.15) is 23.5 Å². The van der Waals surface area contributed by atoms with Crippen molar-refractivity contribution in [3.8, 4) is 0 Å². The maximum Gasteiger partial charge on any atom is 0.326 e. The van der Waals surface area contributed by atoms with Gasteiger partial charge < -0.3 is 16.2 Å². The third-order valence-corrected chi connectivity index (χ3v) is 3.48. The molecule has 0 aliphatic heterocycles. The molecule has 17 heavy (non-hydrogen) atoms. The maximum atomic E-state index is 11.6. The van der Waals surface area contributed by atoms with E-state index < -0.39 is 18.1 Å². The first-order valence-electron chi connectivity index (χ1n) is 5.29. The number of hydrogen-bond acceptors (Lipinski definition) is 5. The van der Waals surface area contributed by atoms with Gasteiger partial charge in [-0.25, -0.2) is 4.79 Å². The van der Waals surface area contributed by atoms with Crippen LogP contribution in [0.2, 0.25) is 0 Å². The highest BCUT2D eigenvalue weighted by atomic mass is 32.2. The summed E-state index contributed by atoms with van der Waals surface area (Å²) >= 11 is 3.15. The Morgan fingerprint density at radius 2 is 1.76 bits per heavy atom. The molecule has 1 amide bonds. The molecule has 0 saturated carbocycles. The molecule has 100 valence electrons. The molecule has 0 saturated heterocycles. The molecule has 2 atom stereocenters. The zero-order valence-electron chi connectivity index (χ0n) is 10.1. The average molecular weight is 280 g/mol. The number of aliphatic carboxylic acids is 1. The molecule has 1 unspecified atom stereocenters. The van der Waals surface area contributed by atoms with Gasteiger partial charge in [0.25, 0.3) is 0 Å². The summed E-state index contributed by atoms with van der Waals surface area (Å²) in [6.07, 6.45) is 4.80. The summed E-state index contributed by atoms with van der Waals surface area (Å²) in [4.78, 5) is 22.5. The Kier molecular flexibility index (Phi) is 9.39. The van der Waals surface area contributed by atoms with E-state index in [9.17, 15) is 9.59 Å². The molecule has 0 aromatic heterocycles. The standard InChI is InChI=1S/C10H20N2O3S2/c1-16-5-3-7(11)9(13)12-8(10(14)15)4-6-17-2/h7-8H,3-6,11H2,1-2H3,(H,12,13)(H,14,15)/t7?,8-/m1/s1. The Bertz CT molecular complexity index is 252. The molecule has 0 rings (SSSR count). The van der Waals surface area contributed by atoms with Crippen molar-refractivity contribution < 1.29 is 14.7 Å². The summed E-state index contributed by atoms with van der Waals surface area (Å²) in [7, 11) is 0. The number of hydrogen-bond donors (Lipinski definition) is 3. The molecule has 0 aromatic carbocycles. The summed E-state index contributed by atoms with van der Waals surface area (Å²) in [6.45, 7) is 0. The molecule has 0 aliphatic rings. The predicted octanol–water partition coefficient (Wildman–Crippen LogP) is 0.389. The molecule has 0 heterocycles. The van der Waals surface area contributed by atoms with Gasteiger partial charge in [-0.3, -0.25) is 4.79 Å². The van der Waals surface area contributed by atoms with E-state index in [4.69, 9.17) is 10.8 Å². The predicted molar refractivity (Wildman–Crippen MR) is 73.5 cm³/mol. The SMILES string of the molecule is CSCCC(N)C(=O)N[C@H](CCSC)C(=O)O. The number of carbonyl (C=O) groups is 2. The van der Waals surface area contributed by atoms with Crippen LogP contribution in [0.25, 0.3) is 0 Å². The molecule has 0 fully saturated rings. The van der Waals surface area contributed by atoms with Crippen LogP contribution in [0.15, 0.2) is 0 Å². The number of thioether (sulfide) groups is 2. The van der Waals surface area contributed by atoms with Crippen LogP contribution in [-0.4, -0.2) is 53.1 Å². The number of carboxylic acid groups (broad SMARTS) is 1. The average Bonchev–Trinajstić information content (AvgIpc) is 2.30. The Hall–Kier alpha value is -0.400. The van der Waals surface area contributed by atoms with Crippen LogP contribution in [-0.2, 0) is 9.59 Å². The molecular formula is C10H20N2O3S2. The van der Waals surface area contributed by atoms with Crippen molar-refractivity contribution in [1.29, 1.82) is 0 Å². The fourth-order valence-corrected chi connectivity index (χ4v) is 2.11. The number of nitrogens with one attached hydrogen (secondary N) is 1. The molecule has 4 N–H and O–H groups in total. The lowest BCUT2D eigenvalue weighted by molar-refractivity contribution is -0.142. The van der Waals surface area contributed by atoms with Gasteiger partial charge in [-0.15, -0.1) is 0 Å². The molecule has 0 spiro atoms. The van der Waals surface area contributed by atoms with E-state index in [1.165, 1.54) is 0 Å². The minimum absolute atomic E-state index is 0.382. The second-order valence-corrected chi connectivity index (χ2v) is 5.54. The van der Waals surface area contributed by atoms with Crippen LogP contribution in [0.3, 0.4) is 0 Å². The minimum Gasteiger partial charge on any atom is -0.480 e. The van der Waals surface area contributed by atoms with Gasteiger partial charge in [0.2, 0.25) is 5.91 Å². The smallest absolute Gasteiger partial charge is 0.326 e. The number of carbonyl (C=O) groups excluding carboxylic acids is 1. The van der Waals surface area contributed by atoms with Crippen molar-refractivity contribution >= 4 is 35.4 Å². The fourth-order valence-electron chi connectivity index (χ4n) is 1.15. The lowest BCUT2D eigenvalue weighted by Gasteiger charge is -2.17. The second-order valence-electron chi connectivity index (χ2n) is 3.57. The zero-order chi connectivity index (χ0) is 13.3. The third-order valence-electron chi connectivity index (χ3n) is 2.19. The highest BCUT2D eigenvalue weighted by Gasteiger charge is 2.22. The Labute approximate surface area is 110 Å². The highest BCUT2D eigenvalue weighted by Crippen LogP contribution is 2.03. The van der Waals surface area contributed by atoms with Gasteiger partial charge in [0.1, 0.15) is 6.04 Å².